The van der Waals surface area contributed by atoms with E-state index in [0.717, 1.165) is 43.5 Å². The van der Waals surface area contributed by atoms with Crippen LogP contribution in [0.1, 0.15) is 26.1 Å². The van der Waals surface area contributed by atoms with Gasteiger partial charge in [-0.05, 0) is 27.4 Å². The van der Waals surface area contributed by atoms with Gasteiger partial charge in [0, 0.05) is 39.4 Å². The molecule has 1 N–H and O–H groups in total. The Morgan fingerprint density at radius 2 is 1.90 bits per heavy atom. The minimum atomic E-state index is 0.451. The first-order valence-corrected chi connectivity index (χ1v) is 7.62. The van der Waals surface area contributed by atoms with Crippen molar-refractivity contribution in [2.24, 2.45) is 0 Å². The van der Waals surface area contributed by atoms with Crippen LogP contribution in [0.15, 0.2) is 6.07 Å². The highest BCUT2D eigenvalue weighted by Crippen LogP contribution is 2.15. The number of hydrogen-bond donors (Lipinski definition) is 1. The second kappa shape index (κ2) is 9.52. The normalized spacial score (nSPS) is 11.0. The second-order valence-corrected chi connectivity index (χ2v) is 5.32. The van der Waals surface area contributed by atoms with Crippen molar-refractivity contribution in [1.82, 2.24) is 14.9 Å². The van der Waals surface area contributed by atoms with Crippen LogP contribution in [-0.4, -0.2) is 62.3 Å². The molecule has 0 aliphatic carbocycles. The van der Waals surface area contributed by atoms with Gasteiger partial charge in [-0.3, -0.25) is 0 Å². The lowest BCUT2D eigenvalue weighted by Gasteiger charge is -2.21. The molecule has 1 aromatic rings. The molecule has 0 bridgehead atoms. The second-order valence-electron chi connectivity index (χ2n) is 5.32. The Bertz CT molecular complexity index is 385. The van der Waals surface area contributed by atoms with Crippen LogP contribution in [0.2, 0.25) is 0 Å². The lowest BCUT2D eigenvalue weighted by molar-refractivity contribution is 0.128. The minimum Gasteiger partial charge on any atom is -0.374 e. The van der Waals surface area contributed by atoms with Crippen LogP contribution in [0.3, 0.4) is 0 Å². The van der Waals surface area contributed by atoms with Crippen molar-refractivity contribution < 1.29 is 4.74 Å². The summed E-state index contributed by atoms with van der Waals surface area (Å²) in [6.45, 7) is 8.05. The van der Waals surface area contributed by atoms with E-state index in [4.69, 9.17) is 4.74 Å². The van der Waals surface area contributed by atoms with E-state index >= 15 is 0 Å². The SMILES string of the molecule is CCCNc1cc(N(C)CCN(C)C)nc(COCC)n1. The lowest BCUT2D eigenvalue weighted by atomic mass is 10.4. The number of hydrogen-bond acceptors (Lipinski definition) is 6. The van der Waals surface area contributed by atoms with Gasteiger partial charge in [-0.2, -0.15) is 0 Å². The van der Waals surface area contributed by atoms with Gasteiger partial charge < -0.3 is 19.9 Å². The molecule has 0 aromatic carbocycles. The van der Waals surface area contributed by atoms with E-state index in [0.29, 0.717) is 13.2 Å². The molecule has 6 heteroatoms. The predicted octanol–water partition coefficient (Wildman–Crippen LogP) is 1.83. The molecule has 0 fully saturated rings. The Kier molecular flexibility index (Phi) is 8.00. The van der Waals surface area contributed by atoms with E-state index < -0.39 is 0 Å². The number of ether oxygens (including phenoxy) is 1. The van der Waals surface area contributed by atoms with E-state index in [-0.39, 0.29) is 0 Å². The van der Waals surface area contributed by atoms with Crippen LogP contribution in [-0.2, 0) is 11.3 Å². The van der Waals surface area contributed by atoms with Crippen molar-refractivity contribution in [3.63, 3.8) is 0 Å². The first-order chi connectivity index (χ1) is 10.1. The van der Waals surface area contributed by atoms with E-state index in [1.54, 1.807) is 0 Å². The topological polar surface area (TPSA) is 53.5 Å². The molecule has 21 heavy (non-hydrogen) atoms. The maximum absolute atomic E-state index is 5.43. The molecule has 6 nitrogen and oxygen atoms in total. The van der Waals surface area contributed by atoms with E-state index in [1.165, 1.54) is 0 Å². The van der Waals surface area contributed by atoms with Crippen molar-refractivity contribution >= 4 is 11.6 Å². The molecule has 0 saturated heterocycles. The van der Waals surface area contributed by atoms with E-state index in [9.17, 15) is 0 Å². The molecule has 0 unspecified atom stereocenters. The fraction of sp³-hybridized carbons (Fsp3) is 0.733. The van der Waals surface area contributed by atoms with Crippen molar-refractivity contribution in [3.05, 3.63) is 11.9 Å². The van der Waals surface area contributed by atoms with Gasteiger partial charge in [0.2, 0.25) is 0 Å². The Morgan fingerprint density at radius 3 is 2.52 bits per heavy atom. The van der Waals surface area contributed by atoms with Gasteiger partial charge in [-0.15, -0.1) is 0 Å². The van der Waals surface area contributed by atoms with Crippen LogP contribution in [0.4, 0.5) is 11.6 Å². The van der Waals surface area contributed by atoms with Crippen LogP contribution < -0.4 is 10.2 Å². The summed E-state index contributed by atoms with van der Waals surface area (Å²) in [6.07, 6.45) is 1.07. The average Bonchev–Trinajstić information content (AvgIpc) is 2.48. The van der Waals surface area contributed by atoms with Crippen LogP contribution in [0.25, 0.3) is 0 Å². The third-order valence-electron chi connectivity index (χ3n) is 3.02. The molecule has 1 rings (SSSR count). The number of anilines is 2. The van der Waals surface area contributed by atoms with Gasteiger partial charge in [-0.1, -0.05) is 6.92 Å². The molecule has 0 spiro atoms. The molecule has 0 atom stereocenters. The number of aromatic nitrogens is 2. The van der Waals surface area contributed by atoms with Gasteiger partial charge in [0.1, 0.15) is 18.2 Å². The summed E-state index contributed by atoms with van der Waals surface area (Å²) in [7, 11) is 6.20. The zero-order chi connectivity index (χ0) is 15.7. The quantitative estimate of drug-likeness (QED) is 0.711. The summed E-state index contributed by atoms with van der Waals surface area (Å²) in [5.74, 6) is 2.53. The molecule has 0 aliphatic rings. The van der Waals surface area contributed by atoms with Crippen LogP contribution in [0, 0.1) is 0 Å². The molecule has 1 aromatic heterocycles. The number of nitrogens with one attached hydrogen (secondary N) is 1. The Hall–Kier alpha value is -1.40. The Labute approximate surface area is 128 Å². The molecular weight excluding hydrogens is 266 g/mol. The standard InChI is InChI=1S/C15H29N5O/c1-6-8-16-13-11-15(20(5)10-9-19(3)4)18-14(17-13)12-21-7-2/h11H,6-10,12H2,1-5H3,(H,16,17,18). The molecule has 1 heterocycles. The van der Waals surface area contributed by atoms with E-state index in [2.05, 4.69) is 53.2 Å². The molecular formula is C15H29N5O. The number of nitrogens with zero attached hydrogens (tertiary/aromatic N) is 4. The van der Waals surface area contributed by atoms with Gasteiger partial charge >= 0.3 is 0 Å². The Morgan fingerprint density at radius 1 is 1.14 bits per heavy atom. The van der Waals surface area contributed by atoms with E-state index in [1.807, 2.05) is 13.0 Å². The fourth-order valence-electron chi connectivity index (χ4n) is 1.74. The third kappa shape index (κ3) is 6.73. The molecule has 0 radical (unpaired) electrons. The lowest BCUT2D eigenvalue weighted by Crippen LogP contribution is -2.29. The van der Waals surface area contributed by atoms with Crippen molar-refractivity contribution in [2.45, 2.75) is 26.9 Å². The van der Waals surface area contributed by atoms with Crippen molar-refractivity contribution in [3.8, 4) is 0 Å². The van der Waals surface area contributed by atoms with Gasteiger partial charge in [-0.25, -0.2) is 9.97 Å². The largest absolute Gasteiger partial charge is 0.374 e. The zero-order valence-corrected chi connectivity index (χ0v) is 14.0. The molecule has 0 aliphatic heterocycles. The average molecular weight is 295 g/mol. The summed E-state index contributed by atoms with van der Waals surface area (Å²) in [5.41, 5.74) is 0. The smallest absolute Gasteiger partial charge is 0.158 e. The molecule has 0 amide bonds. The summed E-state index contributed by atoms with van der Waals surface area (Å²) >= 11 is 0. The fourth-order valence-corrected chi connectivity index (χ4v) is 1.74. The number of likely N-dealkylation sites (N-methyl/N-ethyl adjacent to an activating group) is 2. The van der Waals surface area contributed by atoms with Crippen molar-refractivity contribution in [2.75, 3.05) is 57.6 Å². The van der Waals surface area contributed by atoms with Gasteiger partial charge in [0.15, 0.2) is 5.82 Å². The zero-order valence-electron chi connectivity index (χ0n) is 14.0. The van der Waals surface area contributed by atoms with Gasteiger partial charge in [0.25, 0.3) is 0 Å². The van der Waals surface area contributed by atoms with Crippen LogP contribution >= 0.6 is 0 Å². The Balaban J connectivity index is 2.83. The first kappa shape index (κ1) is 17.7. The summed E-state index contributed by atoms with van der Waals surface area (Å²) in [4.78, 5) is 13.4. The third-order valence-corrected chi connectivity index (χ3v) is 3.02. The van der Waals surface area contributed by atoms with Crippen molar-refractivity contribution in [1.29, 1.82) is 0 Å². The molecule has 0 saturated carbocycles. The highest BCUT2D eigenvalue weighted by Gasteiger charge is 2.09. The molecule has 120 valence electrons. The highest BCUT2D eigenvalue weighted by atomic mass is 16.5. The predicted molar refractivity (Wildman–Crippen MR) is 88.0 cm³/mol. The maximum Gasteiger partial charge on any atom is 0.158 e. The van der Waals surface area contributed by atoms with Crippen LogP contribution in [0.5, 0.6) is 0 Å². The summed E-state index contributed by atoms with van der Waals surface area (Å²) < 4.78 is 5.43. The summed E-state index contributed by atoms with van der Waals surface area (Å²) in [5, 5.41) is 3.33. The van der Waals surface area contributed by atoms with Gasteiger partial charge in [0.05, 0.1) is 0 Å². The monoisotopic (exact) mass is 295 g/mol. The minimum absolute atomic E-state index is 0.451. The maximum atomic E-state index is 5.43. The number of rotatable bonds is 10. The first-order valence-electron chi connectivity index (χ1n) is 7.62. The highest BCUT2D eigenvalue weighted by molar-refractivity contribution is 5.49. The summed E-state index contributed by atoms with van der Waals surface area (Å²) in [6, 6.07) is 2.00.